The topological polar surface area (TPSA) is 24.1 Å². The largest absolute Gasteiger partial charge is 0.383 e. The summed E-state index contributed by atoms with van der Waals surface area (Å²) in [5.41, 5.74) is 2.07. The minimum atomic E-state index is 0.594. The van der Waals surface area contributed by atoms with Crippen molar-refractivity contribution in [2.75, 3.05) is 23.7 Å². The van der Waals surface area contributed by atoms with Crippen LogP contribution in [0.2, 0.25) is 10.0 Å². The summed E-state index contributed by atoms with van der Waals surface area (Å²) in [6.07, 6.45) is 1.10. The van der Waals surface area contributed by atoms with E-state index >= 15 is 0 Å². The summed E-state index contributed by atoms with van der Waals surface area (Å²) in [5.74, 6) is 0. The summed E-state index contributed by atoms with van der Waals surface area (Å²) in [4.78, 5) is 0. The highest BCUT2D eigenvalue weighted by Crippen LogP contribution is 2.33. The monoisotopic (exact) mass is 216 g/mol. The third-order valence-electron chi connectivity index (χ3n) is 2.04. The van der Waals surface area contributed by atoms with Crippen LogP contribution in [0.15, 0.2) is 12.1 Å². The minimum absolute atomic E-state index is 0.594. The molecule has 0 unspecified atom stereocenters. The van der Waals surface area contributed by atoms with Gasteiger partial charge in [-0.05, 0) is 18.6 Å². The quantitative estimate of drug-likeness (QED) is 0.697. The van der Waals surface area contributed by atoms with Gasteiger partial charge >= 0.3 is 0 Å². The van der Waals surface area contributed by atoms with Crippen LogP contribution in [-0.2, 0) is 0 Å². The Labute approximate surface area is 87.2 Å². The van der Waals surface area contributed by atoms with Gasteiger partial charge in [-0.15, -0.1) is 0 Å². The smallest absolute Gasteiger partial charge is 0.0614 e. The first-order chi connectivity index (χ1) is 6.27. The van der Waals surface area contributed by atoms with E-state index in [1.807, 2.05) is 12.1 Å². The molecule has 0 aromatic heterocycles. The molecule has 0 bridgehead atoms. The van der Waals surface area contributed by atoms with Crippen LogP contribution in [0.25, 0.3) is 0 Å². The highest BCUT2D eigenvalue weighted by Gasteiger charge is 2.09. The summed E-state index contributed by atoms with van der Waals surface area (Å²) in [7, 11) is 0. The van der Waals surface area contributed by atoms with Gasteiger partial charge in [-0.1, -0.05) is 23.2 Å². The molecular formula is C9H10Cl2N2. The number of hydrogen-bond acceptors (Lipinski definition) is 2. The molecule has 0 aliphatic carbocycles. The molecule has 1 aromatic rings. The van der Waals surface area contributed by atoms with Crippen molar-refractivity contribution >= 4 is 34.6 Å². The SMILES string of the molecule is Clc1cc2c(cc1Cl)NCCCN2. The maximum Gasteiger partial charge on any atom is 0.0614 e. The summed E-state index contributed by atoms with van der Waals surface area (Å²) < 4.78 is 0. The van der Waals surface area contributed by atoms with Crippen molar-refractivity contribution in [1.29, 1.82) is 0 Å². The van der Waals surface area contributed by atoms with Gasteiger partial charge < -0.3 is 10.6 Å². The number of nitrogens with one attached hydrogen (secondary N) is 2. The summed E-state index contributed by atoms with van der Waals surface area (Å²) in [6.45, 7) is 1.94. The lowest BCUT2D eigenvalue weighted by molar-refractivity contribution is 0.928. The third kappa shape index (κ3) is 1.84. The van der Waals surface area contributed by atoms with Gasteiger partial charge in [0, 0.05) is 13.1 Å². The second kappa shape index (κ2) is 3.64. The van der Waals surface area contributed by atoms with Crippen molar-refractivity contribution in [2.24, 2.45) is 0 Å². The van der Waals surface area contributed by atoms with Crippen molar-refractivity contribution in [3.8, 4) is 0 Å². The zero-order valence-electron chi connectivity index (χ0n) is 7.03. The van der Waals surface area contributed by atoms with Gasteiger partial charge in [0.05, 0.1) is 21.4 Å². The number of hydrogen-bond donors (Lipinski definition) is 2. The van der Waals surface area contributed by atoms with Crippen LogP contribution in [-0.4, -0.2) is 13.1 Å². The van der Waals surface area contributed by atoms with Crippen LogP contribution in [0.3, 0.4) is 0 Å². The molecule has 0 spiro atoms. The van der Waals surface area contributed by atoms with Gasteiger partial charge in [-0.3, -0.25) is 0 Å². The average Bonchev–Trinajstić information content (AvgIpc) is 2.31. The Balaban J connectivity index is 2.43. The van der Waals surface area contributed by atoms with Gasteiger partial charge in [0.1, 0.15) is 0 Å². The molecule has 0 fully saturated rings. The van der Waals surface area contributed by atoms with E-state index in [2.05, 4.69) is 10.6 Å². The zero-order valence-corrected chi connectivity index (χ0v) is 8.54. The highest BCUT2D eigenvalue weighted by molar-refractivity contribution is 6.42. The summed E-state index contributed by atoms with van der Waals surface area (Å²) in [6, 6.07) is 3.72. The summed E-state index contributed by atoms with van der Waals surface area (Å²) >= 11 is 11.8. The maximum atomic E-state index is 5.90. The lowest BCUT2D eigenvalue weighted by Gasteiger charge is -2.09. The fourth-order valence-electron chi connectivity index (χ4n) is 1.37. The van der Waals surface area contributed by atoms with Gasteiger partial charge in [0.15, 0.2) is 0 Å². The molecule has 0 atom stereocenters. The minimum Gasteiger partial charge on any atom is -0.383 e. The highest BCUT2D eigenvalue weighted by atomic mass is 35.5. The Kier molecular flexibility index (Phi) is 2.51. The number of anilines is 2. The maximum absolute atomic E-state index is 5.90. The lowest BCUT2D eigenvalue weighted by Crippen LogP contribution is -2.01. The molecule has 2 rings (SSSR count). The number of halogens is 2. The van der Waals surface area contributed by atoms with Crippen molar-refractivity contribution in [1.82, 2.24) is 0 Å². The van der Waals surface area contributed by atoms with Crippen LogP contribution in [0.4, 0.5) is 11.4 Å². The van der Waals surface area contributed by atoms with Crippen LogP contribution in [0.1, 0.15) is 6.42 Å². The average molecular weight is 217 g/mol. The van der Waals surface area contributed by atoms with Crippen LogP contribution in [0.5, 0.6) is 0 Å². The molecule has 0 amide bonds. The Hall–Kier alpha value is -0.600. The molecule has 2 N–H and O–H groups in total. The van der Waals surface area contributed by atoms with Crippen LogP contribution >= 0.6 is 23.2 Å². The number of rotatable bonds is 0. The lowest BCUT2D eigenvalue weighted by atomic mass is 10.2. The zero-order chi connectivity index (χ0) is 9.26. The first-order valence-corrected chi connectivity index (χ1v) is 5.00. The van der Waals surface area contributed by atoms with E-state index in [0.29, 0.717) is 10.0 Å². The molecule has 70 valence electrons. The van der Waals surface area contributed by atoms with Crippen LogP contribution in [0, 0.1) is 0 Å². The van der Waals surface area contributed by atoms with E-state index in [0.717, 1.165) is 30.9 Å². The Morgan fingerprint density at radius 2 is 1.38 bits per heavy atom. The Morgan fingerprint density at radius 3 is 1.85 bits per heavy atom. The standard InChI is InChI=1S/C9H10Cl2N2/c10-6-4-8-9(5-7(6)11)13-3-1-2-12-8/h4-5,12-13H,1-3H2. The van der Waals surface area contributed by atoms with Crippen molar-refractivity contribution in [3.63, 3.8) is 0 Å². The van der Waals surface area contributed by atoms with E-state index in [4.69, 9.17) is 23.2 Å². The normalized spacial score (nSPS) is 15.2. The molecule has 1 aliphatic rings. The molecule has 0 saturated heterocycles. The molecule has 1 aliphatic heterocycles. The molecule has 0 saturated carbocycles. The fourth-order valence-corrected chi connectivity index (χ4v) is 1.70. The first-order valence-electron chi connectivity index (χ1n) is 4.24. The van der Waals surface area contributed by atoms with Gasteiger partial charge in [-0.25, -0.2) is 0 Å². The predicted molar refractivity (Wildman–Crippen MR) is 58.1 cm³/mol. The first kappa shape index (κ1) is 8.97. The summed E-state index contributed by atoms with van der Waals surface area (Å²) in [5, 5.41) is 7.76. The Morgan fingerprint density at radius 1 is 0.923 bits per heavy atom. The molecule has 4 heteroatoms. The van der Waals surface area contributed by atoms with Crippen molar-refractivity contribution in [2.45, 2.75) is 6.42 Å². The van der Waals surface area contributed by atoms with Gasteiger partial charge in [-0.2, -0.15) is 0 Å². The fraction of sp³-hybridized carbons (Fsp3) is 0.333. The predicted octanol–water partition coefficient (Wildman–Crippen LogP) is 3.22. The van der Waals surface area contributed by atoms with E-state index in [1.165, 1.54) is 0 Å². The second-order valence-electron chi connectivity index (χ2n) is 3.02. The van der Waals surface area contributed by atoms with Gasteiger partial charge in [0.2, 0.25) is 0 Å². The molecule has 13 heavy (non-hydrogen) atoms. The molecule has 2 nitrogen and oxygen atoms in total. The third-order valence-corrected chi connectivity index (χ3v) is 2.77. The van der Waals surface area contributed by atoms with Crippen LogP contribution < -0.4 is 10.6 Å². The number of benzene rings is 1. The molecule has 0 radical (unpaired) electrons. The van der Waals surface area contributed by atoms with E-state index in [-0.39, 0.29) is 0 Å². The number of fused-ring (bicyclic) bond motifs is 1. The van der Waals surface area contributed by atoms with Crippen molar-refractivity contribution in [3.05, 3.63) is 22.2 Å². The van der Waals surface area contributed by atoms with Crippen molar-refractivity contribution < 1.29 is 0 Å². The van der Waals surface area contributed by atoms with E-state index in [1.54, 1.807) is 0 Å². The molecule has 1 heterocycles. The molecular weight excluding hydrogens is 207 g/mol. The van der Waals surface area contributed by atoms with E-state index in [9.17, 15) is 0 Å². The second-order valence-corrected chi connectivity index (χ2v) is 3.83. The van der Waals surface area contributed by atoms with E-state index < -0.39 is 0 Å². The van der Waals surface area contributed by atoms with Gasteiger partial charge in [0.25, 0.3) is 0 Å². The molecule has 1 aromatic carbocycles. The Bertz CT molecular complexity index is 295.